The van der Waals surface area contributed by atoms with Gasteiger partial charge in [-0.1, -0.05) is 19.1 Å². The number of nitrogens with one attached hydrogen (secondary N) is 1. The van der Waals surface area contributed by atoms with Crippen LogP contribution in [0.4, 0.5) is 15.8 Å². The molecular weight excluding hydrogens is 279 g/mol. The fourth-order valence-corrected chi connectivity index (χ4v) is 2.79. The monoisotopic (exact) mass is 294 g/mol. The lowest BCUT2D eigenvalue weighted by Gasteiger charge is -2.10. The maximum absolute atomic E-state index is 13.6. The molecule has 6 heteroatoms. The Balaban J connectivity index is 2.32. The summed E-state index contributed by atoms with van der Waals surface area (Å²) in [6.45, 7) is 1.98. The van der Waals surface area contributed by atoms with E-state index in [1.165, 1.54) is 24.3 Å². The minimum atomic E-state index is -3.82. The van der Waals surface area contributed by atoms with Gasteiger partial charge in [0.15, 0.2) is 0 Å². The zero-order valence-corrected chi connectivity index (χ0v) is 11.7. The summed E-state index contributed by atoms with van der Waals surface area (Å²) in [6.07, 6.45) is 0.817. The average molecular weight is 294 g/mol. The molecule has 0 saturated carbocycles. The summed E-state index contributed by atoms with van der Waals surface area (Å²) in [5.74, 6) is -0.673. The number of nitrogen functional groups attached to an aromatic ring is 1. The molecule has 0 aromatic heterocycles. The molecular formula is C14H15FN2O2S. The SMILES string of the molecule is CCc1ccc(S(=O)(=O)Nc2cc(N)ccc2F)cc1. The Hall–Kier alpha value is -2.08. The Morgan fingerprint density at radius 3 is 2.40 bits per heavy atom. The molecule has 0 fully saturated rings. The van der Waals surface area contributed by atoms with Crippen LogP contribution in [0.3, 0.4) is 0 Å². The highest BCUT2D eigenvalue weighted by atomic mass is 32.2. The summed E-state index contributed by atoms with van der Waals surface area (Å²) in [5.41, 5.74) is 6.67. The van der Waals surface area contributed by atoms with Gasteiger partial charge in [-0.3, -0.25) is 4.72 Å². The number of hydrogen-bond acceptors (Lipinski definition) is 3. The van der Waals surface area contributed by atoms with E-state index in [2.05, 4.69) is 4.72 Å². The molecule has 3 N–H and O–H groups in total. The molecule has 0 spiro atoms. The zero-order valence-electron chi connectivity index (χ0n) is 10.9. The largest absolute Gasteiger partial charge is 0.399 e. The lowest BCUT2D eigenvalue weighted by molar-refractivity contribution is 0.598. The zero-order chi connectivity index (χ0) is 14.8. The van der Waals surface area contributed by atoms with Gasteiger partial charge in [-0.15, -0.1) is 0 Å². The third-order valence-electron chi connectivity index (χ3n) is 2.88. The molecule has 2 aromatic rings. The molecule has 0 aliphatic rings. The van der Waals surface area contributed by atoms with Crippen molar-refractivity contribution in [2.45, 2.75) is 18.2 Å². The molecule has 0 heterocycles. The van der Waals surface area contributed by atoms with Gasteiger partial charge in [0, 0.05) is 5.69 Å². The van der Waals surface area contributed by atoms with Crippen molar-refractivity contribution in [3.63, 3.8) is 0 Å². The van der Waals surface area contributed by atoms with Crippen molar-refractivity contribution in [1.29, 1.82) is 0 Å². The molecule has 4 nitrogen and oxygen atoms in total. The first-order valence-corrected chi connectivity index (χ1v) is 7.57. The van der Waals surface area contributed by atoms with E-state index in [0.717, 1.165) is 18.1 Å². The average Bonchev–Trinajstić information content (AvgIpc) is 2.43. The Morgan fingerprint density at radius 1 is 1.15 bits per heavy atom. The number of halogens is 1. The summed E-state index contributed by atoms with van der Waals surface area (Å²) in [4.78, 5) is 0.0801. The highest BCUT2D eigenvalue weighted by molar-refractivity contribution is 7.92. The standard InChI is InChI=1S/C14H15FN2O2S/c1-2-10-3-6-12(7-4-10)20(18,19)17-14-9-11(16)5-8-13(14)15/h3-9,17H,2,16H2,1H3. The second-order valence-electron chi connectivity index (χ2n) is 4.34. The molecule has 0 aliphatic carbocycles. The lowest BCUT2D eigenvalue weighted by atomic mass is 10.2. The summed E-state index contributed by atoms with van der Waals surface area (Å²) in [6, 6.07) is 10.2. The second kappa shape index (κ2) is 5.50. The van der Waals surface area contributed by atoms with Gasteiger partial charge in [0.25, 0.3) is 10.0 Å². The lowest BCUT2D eigenvalue weighted by Crippen LogP contribution is -2.14. The molecule has 106 valence electrons. The van der Waals surface area contributed by atoms with E-state index >= 15 is 0 Å². The number of sulfonamides is 1. The molecule has 0 atom stereocenters. The molecule has 0 aliphatic heterocycles. The number of anilines is 2. The van der Waals surface area contributed by atoms with Crippen molar-refractivity contribution in [2.75, 3.05) is 10.5 Å². The Kier molecular flexibility index (Phi) is 3.94. The Morgan fingerprint density at radius 2 is 1.80 bits per heavy atom. The number of benzene rings is 2. The first-order valence-electron chi connectivity index (χ1n) is 6.09. The molecule has 20 heavy (non-hydrogen) atoms. The highest BCUT2D eigenvalue weighted by Crippen LogP contribution is 2.21. The van der Waals surface area contributed by atoms with E-state index in [1.807, 2.05) is 6.92 Å². The van der Waals surface area contributed by atoms with Crippen LogP contribution in [0.2, 0.25) is 0 Å². The third-order valence-corrected chi connectivity index (χ3v) is 4.26. The fraction of sp³-hybridized carbons (Fsp3) is 0.143. The van der Waals surface area contributed by atoms with Gasteiger partial charge in [-0.05, 0) is 42.3 Å². The smallest absolute Gasteiger partial charge is 0.261 e. The van der Waals surface area contributed by atoms with Gasteiger partial charge in [0.2, 0.25) is 0 Å². The van der Waals surface area contributed by atoms with Gasteiger partial charge >= 0.3 is 0 Å². The van der Waals surface area contributed by atoms with E-state index in [9.17, 15) is 12.8 Å². The van der Waals surface area contributed by atoms with E-state index < -0.39 is 15.8 Å². The molecule has 0 bridgehead atoms. The van der Waals surface area contributed by atoms with Gasteiger partial charge < -0.3 is 5.73 Å². The highest BCUT2D eigenvalue weighted by Gasteiger charge is 2.16. The summed E-state index contributed by atoms with van der Waals surface area (Å²) in [7, 11) is -3.82. The molecule has 0 unspecified atom stereocenters. The van der Waals surface area contributed by atoms with Crippen LogP contribution in [0, 0.1) is 5.82 Å². The van der Waals surface area contributed by atoms with Crippen molar-refractivity contribution in [3.05, 3.63) is 53.8 Å². The molecule has 0 saturated heterocycles. The number of rotatable bonds is 4. The minimum Gasteiger partial charge on any atom is -0.399 e. The molecule has 0 amide bonds. The van der Waals surface area contributed by atoms with Gasteiger partial charge in [0.05, 0.1) is 10.6 Å². The number of hydrogen-bond donors (Lipinski definition) is 2. The normalized spacial score (nSPS) is 11.3. The van der Waals surface area contributed by atoms with Crippen LogP contribution in [0.15, 0.2) is 47.4 Å². The van der Waals surface area contributed by atoms with E-state index in [1.54, 1.807) is 12.1 Å². The van der Waals surface area contributed by atoms with Crippen LogP contribution >= 0.6 is 0 Å². The third kappa shape index (κ3) is 3.08. The first-order chi connectivity index (χ1) is 9.42. The van der Waals surface area contributed by atoms with Crippen molar-refractivity contribution in [3.8, 4) is 0 Å². The van der Waals surface area contributed by atoms with E-state index in [4.69, 9.17) is 5.73 Å². The summed E-state index contributed by atoms with van der Waals surface area (Å²) >= 11 is 0. The predicted molar refractivity (Wildman–Crippen MR) is 77.4 cm³/mol. The van der Waals surface area contributed by atoms with Crippen LogP contribution in [0.5, 0.6) is 0 Å². The van der Waals surface area contributed by atoms with Crippen molar-refractivity contribution >= 4 is 21.4 Å². The quantitative estimate of drug-likeness (QED) is 0.852. The van der Waals surface area contributed by atoms with Crippen LogP contribution in [0.25, 0.3) is 0 Å². The molecule has 2 rings (SSSR count). The van der Waals surface area contributed by atoms with Crippen molar-refractivity contribution in [2.24, 2.45) is 0 Å². The van der Waals surface area contributed by atoms with Crippen LogP contribution in [-0.4, -0.2) is 8.42 Å². The Labute approximate surface area is 117 Å². The first kappa shape index (κ1) is 14.3. The summed E-state index contributed by atoms with van der Waals surface area (Å²) < 4.78 is 40.0. The minimum absolute atomic E-state index is 0.0801. The van der Waals surface area contributed by atoms with Crippen molar-refractivity contribution < 1.29 is 12.8 Å². The number of nitrogens with two attached hydrogens (primary N) is 1. The predicted octanol–water partition coefficient (Wildman–Crippen LogP) is 2.77. The maximum atomic E-state index is 13.6. The van der Waals surface area contributed by atoms with E-state index in [-0.39, 0.29) is 16.3 Å². The molecule has 2 aromatic carbocycles. The van der Waals surface area contributed by atoms with E-state index in [0.29, 0.717) is 0 Å². The van der Waals surface area contributed by atoms with Crippen LogP contribution in [0.1, 0.15) is 12.5 Å². The Bertz CT molecular complexity index is 712. The topological polar surface area (TPSA) is 72.2 Å². The number of aryl methyl sites for hydroxylation is 1. The molecule has 0 radical (unpaired) electrons. The summed E-state index contributed by atoms with van der Waals surface area (Å²) in [5, 5.41) is 0. The van der Waals surface area contributed by atoms with Crippen LogP contribution < -0.4 is 10.5 Å². The van der Waals surface area contributed by atoms with Crippen LogP contribution in [-0.2, 0) is 16.4 Å². The van der Waals surface area contributed by atoms with Crippen molar-refractivity contribution in [1.82, 2.24) is 0 Å². The maximum Gasteiger partial charge on any atom is 0.261 e. The second-order valence-corrected chi connectivity index (χ2v) is 6.02. The fourth-order valence-electron chi connectivity index (χ4n) is 1.73. The van der Waals surface area contributed by atoms with Gasteiger partial charge in [-0.2, -0.15) is 0 Å². The van der Waals surface area contributed by atoms with Gasteiger partial charge in [0.1, 0.15) is 5.82 Å². The van der Waals surface area contributed by atoms with Gasteiger partial charge in [-0.25, -0.2) is 12.8 Å².